The molecular formula is C49H82O28. The number of hydrogen-bond donors (Lipinski definition) is 16. The number of hydrogen-bond acceptors (Lipinski definition) is 28. The van der Waals surface area contributed by atoms with Crippen molar-refractivity contribution < 1.29 is 139 Å². The van der Waals surface area contributed by atoms with E-state index in [9.17, 15) is 81.7 Å². The van der Waals surface area contributed by atoms with Crippen molar-refractivity contribution in [3.05, 3.63) is 34.9 Å². The van der Waals surface area contributed by atoms with Crippen molar-refractivity contribution in [3.63, 3.8) is 0 Å². The molecule has 0 bridgehead atoms. The molecule has 16 N–H and O–H groups in total. The molecule has 28 atom stereocenters. The van der Waals surface area contributed by atoms with Crippen molar-refractivity contribution >= 4 is 0 Å². The minimum atomic E-state index is -1.78. The van der Waals surface area contributed by atoms with Gasteiger partial charge in [0.05, 0.1) is 51.8 Å². The summed E-state index contributed by atoms with van der Waals surface area (Å²) in [4.78, 5) is 0. The Labute approximate surface area is 444 Å². The fourth-order valence-corrected chi connectivity index (χ4v) is 9.49. The normalized spacial score (nSPS) is 46.8. The van der Waals surface area contributed by atoms with E-state index in [1.165, 1.54) is 13.8 Å². The van der Waals surface area contributed by atoms with Crippen LogP contribution in [-0.2, 0) is 56.8 Å². The maximum Gasteiger partial charge on any atom is 0.187 e. The Kier molecular flexibility index (Phi) is 24.5. The summed E-state index contributed by atoms with van der Waals surface area (Å²) in [6.45, 7) is 6.07. The maximum absolute atomic E-state index is 11.3. The fraction of sp³-hybridized carbons (Fsp3) is 0.878. The smallest absolute Gasteiger partial charge is 0.187 e. The van der Waals surface area contributed by atoms with Crippen LogP contribution >= 0.6 is 0 Å². The van der Waals surface area contributed by atoms with E-state index in [-0.39, 0.29) is 13.2 Å². The molecule has 6 heterocycles. The molecule has 0 aliphatic carbocycles. The van der Waals surface area contributed by atoms with Crippen LogP contribution in [0.3, 0.4) is 0 Å². The van der Waals surface area contributed by atoms with Gasteiger partial charge < -0.3 is 139 Å². The first-order valence-electron chi connectivity index (χ1n) is 25.9. The van der Waals surface area contributed by atoms with E-state index in [1.807, 2.05) is 19.9 Å². The van der Waals surface area contributed by atoms with Crippen LogP contribution in [0.15, 0.2) is 34.9 Å². The van der Waals surface area contributed by atoms with Gasteiger partial charge in [0.2, 0.25) is 0 Å². The summed E-state index contributed by atoms with van der Waals surface area (Å²) in [6, 6.07) is 0. The summed E-state index contributed by atoms with van der Waals surface area (Å²) in [5.74, 6) is 0. The van der Waals surface area contributed by atoms with Crippen molar-refractivity contribution in [1.82, 2.24) is 0 Å². The summed E-state index contributed by atoms with van der Waals surface area (Å²) in [7, 11) is 0. The highest BCUT2D eigenvalue weighted by Gasteiger charge is 2.54. The summed E-state index contributed by atoms with van der Waals surface area (Å²) in [5, 5.41) is 169. The second-order valence-corrected chi connectivity index (χ2v) is 20.6. The summed E-state index contributed by atoms with van der Waals surface area (Å²) in [6.07, 6.45) is -34.8. The zero-order valence-corrected chi connectivity index (χ0v) is 43.5. The Balaban J connectivity index is 0.950. The molecule has 77 heavy (non-hydrogen) atoms. The number of ether oxygens (including phenoxy) is 12. The molecule has 0 radical (unpaired) electrons. The van der Waals surface area contributed by atoms with Gasteiger partial charge >= 0.3 is 0 Å². The number of aliphatic hydroxyl groups excluding tert-OH is 16. The number of allylic oxidation sites excluding steroid dienone is 4. The Morgan fingerprint density at radius 3 is 1.22 bits per heavy atom. The lowest BCUT2D eigenvalue weighted by molar-refractivity contribution is -0.377. The molecule has 6 fully saturated rings. The third-order valence-corrected chi connectivity index (χ3v) is 14.5. The topological polar surface area (TPSA) is 434 Å². The highest BCUT2D eigenvalue weighted by Crippen LogP contribution is 2.34. The SMILES string of the molecule is C/C(=C\CC/C(C)=C/CO[C@H]1O[C@@H](CO)[C@H](O)[C@@H](O[C@H]2OC[C@H](O)[C@@H](O)[C@@H]2O[C@H]2O[C@@H](C)[C@H](O)[C@@H](O)[C@@H]2O)[C@@H]1O)CC/C=C(\C)CO[C@H]1O[C@@H](CO)[C@H](O)[C@@H](O[C@H]2OC[C@H](O)[C@@H](O)[C@@H]2O[C@H]2O[C@@H](C)[C@H](O)[C@@H](O)[C@@H]2O)[C@@H]1O. The Bertz CT molecular complexity index is 1880. The molecule has 6 saturated heterocycles. The van der Waals surface area contributed by atoms with Crippen molar-refractivity contribution in [2.45, 2.75) is 232 Å². The number of rotatable bonds is 22. The molecule has 0 spiro atoms. The van der Waals surface area contributed by atoms with Gasteiger partial charge in [-0.15, -0.1) is 0 Å². The van der Waals surface area contributed by atoms with E-state index in [2.05, 4.69) is 6.08 Å². The quantitative estimate of drug-likeness (QED) is 0.0448. The molecule has 6 aliphatic rings. The highest BCUT2D eigenvalue weighted by atomic mass is 16.8. The van der Waals surface area contributed by atoms with E-state index >= 15 is 0 Å². The molecule has 0 aromatic carbocycles. The van der Waals surface area contributed by atoms with Crippen molar-refractivity contribution in [2.75, 3.05) is 39.6 Å². The predicted octanol–water partition coefficient (Wildman–Crippen LogP) is -6.35. The van der Waals surface area contributed by atoms with Crippen molar-refractivity contribution in [1.29, 1.82) is 0 Å². The molecule has 0 aromatic heterocycles. The van der Waals surface area contributed by atoms with Gasteiger partial charge in [-0.1, -0.05) is 34.9 Å². The van der Waals surface area contributed by atoms with E-state index in [0.717, 1.165) is 16.7 Å². The van der Waals surface area contributed by atoms with Crippen molar-refractivity contribution in [2.24, 2.45) is 0 Å². The lowest BCUT2D eigenvalue weighted by atomic mass is 9.98. The third-order valence-electron chi connectivity index (χ3n) is 14.5. The molecular weight excluding hydrogens is 1040 g/mol. The fourth-order valence-electron chi connectivity index (χ4n) is 9.49. The van der Waals surface area contributed by atoms with Gasteiger partial charge in [0.25, 0.3) is 0 Å². The Morgan fingerprint density at radius 2 is 0.792 bits per heavy atom. The molecule has 0 amide bonds. The average molecular weight is 1120 g/mol. The van der Waals surface area contributed by atoms with E-state index in [0.29, 0.717) is 25.7 Å². The molecule has 28 nitrogen and oxygen atoms in total. The summed E-state index contributed by atoms with van der Waals surface area (Å²) >= 11 is 0. The van der Waals surface area contributed by atoms with Crippen LogP contribution in [0.1, 0.15) is 60.3 Å². The van der Waals surface area contributed by atoms with Crippen molar-refractivity contribution in [3.8, 4) is 0 Å². The molecule has 0 aromatic rings. The average Bonchev–Trinajstić information content (AvgIpc) is 3.40. The second kappa shape index (κ2) is 29.4. The van der Waals surface area contributed by atoms with Crippen LogP contribution in [0.2, 0.25) is 0 Å². The Morgan fingerprint density at radius 1 is 0.403 bits per heavy atom. The van der Waals surface area contributed by atoms with E-state index in [4.69, 9.17) is 56.8 Å². The second-order valence-electron chi connectivity index (χ2n) is 20.6. The largest absolute Gasteiger partial charge is 0.394 e. The van der Waals surface area contributed by atoms with Crippen LogP contribution in [0.5, 0.6) is 0 Å². The van der Waals surface area contributed by atoms with Crippen LogP contribution < -0.4 is 0 Å². The van der Waals surface area contributed by atoms with Gasteiger partial charge in [-0.25, -0.2) is 0 Å². The van der Waals surface area contributed by atoms with Gasteiger partial charge in [0.1, 0.15) is 122 Å². The highest BCUT2D eigenvalue weighted by molar-refractivity contribution is 5.07. The van der Waals surface area contributed by atoms with Crippen LogP contribution in [0.4, 0.5) is 0 Å². The number of aliphatic hydroxyl groups is 16. The zero-order valence-electron chi connectivity index (χ0n) is 43.5. The lowest BCUT2D eigenvalue weighted by Crippen LogP contribution is -2.65. The summed E-state index contributed by atoms with van der Waals surface area (Å²) < 4.78 is 68.4. The van der Waals surface area contributed by atoms with E-state index < -0.39 is 198 Å². The summed E-state index contributed by atoms with van der Waals surface area (Å²) in [5.41, 5.74) is 2.78. The molecule has 446 valence electrons. The maximum atomic E-state index is 11.3. The molecule has 6 rings (SSSR count). The van der Waals surface area contributed by atoms with Gasteiger partial charge in [-0.2, -0.15) is 0 Å². The van der Waals surface area contributed by atoms with E-state index in [1.54, 1.807) is 13.0 Å². The van der Waals surface area contributed by atoms with Crippen LogP contribution in [0, 0.1) is 0 Å². The predicted molar refractivity (Wildman–Crippen MR) is 255 cm³/mol. The molecule has 0 unspecified atom stereocenters. The molecule has 28 heteroatoms. The first kappa shape index (κ1) is 64.3. The molecule has 0 saturated carbocycles. The van der Waals surface area contributed by atoms with Crippen LogP contribution in [0.25, 0.3) is 0 Å². The zero-order chi connectivity index (χ0) is 56.6. The first-order valence-corrected chi connectivity index (χ1v) is 25.9. The lowest BCUT2D eigenvalue weighted by Gasteiger charge is -2.47. The van der Waals surface area contributed by atoms with Crippen LogP contribution in [-0.4, -0.2) is 293 Å². The third kappa shape index (κ3) is 16.0. The first-order chi connectivity index (χ1) is 36.5. The van der Waals surface area contributed by atoms with Gasteiger partial charge in [0, 0.05) is 0 Å². The monoisotopic (exact) mass is 1120 g/mol. The minimum Gasteiger partial charge on any atom is -0.394 e. The van der Waals surface area contributed by atoms with Gasteiger partial charge in [0.15, 0.2) is 37.7 Å². The van der Waals surface area contributed by atoms with Gasteiger partial charge in [-0.3, -0.25) is 0 Å². The minimum absolute atomic E-state index is 0.0321. The standard InChI is InChI=1S/C49H82O28/c1-19(9-7-11-21(3)16-67-45-39(65)41(33(59)27(15-51)73-45)75-49-43(31(57)25(53)18-69-49)77-47-37(63)35(61)29(55)23(5)71-47)8-6-10-20(2)12-13-66-44-38(64)40(32(58)26(14-50)72-44)74-48-42(30(56)24(52)17-68-48)76-46-36(62)34(60)28(54)22(4)70-46/h8,11-12,22-65H,6-7,9-10,13-18H2,1-5H3/b19-8+,20-12+,21-11+/t22-,23-,24-,25-,26-,27-,28-,29-,30+,31+,32-,33-,34+,35+,36-,37-,38-,39-,40+,41+,42-,43-,44-,45-,46+,47+,48+,49+/m0/s1. The Hall–Kier alpha value is -1.90. The van der Waals surface area contributed by atoms with Gasteiger partial charge in [-0.05, 0) is 60.3 Å². The molecule has 6 aliphatic heterocycles.